The number of rotatable bonds is 6. The van der Waals surface area contributed by atoms with E-state index in [0.717, 1.165) is 22.5 Å². The van der Waals surface area contributed by atoms with Gasteiger partial charge < -0.3 is 15.5 Å². The molecule has 27 heavy (non-hydrogen) atoms. The van der Waals surface area contributed by atoms with E-state index in [9.17, 15) is 4.79 Å². The third-order valence-corrected chi connectivity index (χ3v) is 4.20. The van der Waals surface area contributed by atoms with Crippen LogP contribution in [0.1, 0.15) is 11.1 Å². The molecule has 0 fully saturated rings. The number of amides is 1. The molecular formula is C21H23N5O. The number of carbonyl (C=O) groups excluding carboxylic acids is 1. The molecule has 6 heteroatoms. The summed E-state index contributed by atoms with van der Waals surface area (Å²) in [4.78, 5) is 14.2. The van der Waals surface area contributed by atoms with Gasteiger partial charge in [-0.05, 0) is 54.4 Å². The molecule has 0 radical (unpaired) electrons. The first-order valence-corrected chi connectivity index (χ1v) is 8.74. The fourth-order valence-electron chi connectivity index (χ4n) is 2.62. The summed E-state index contributed by atoms with van der Waals surface area (Å²) in [5, 5.41) is 14.2. The van der Waals surface area contributed by atoms with Crippen molar-refractivity contribution in [1.29, 1.82) is 0 Å². The van der Waals surface area contributed by atoms with Gasteiger partial charge in [-0.2, -0.15) is 0 Å². The molecule has 0 spiro atoms. The first-order valence-electron chi connectivity index (χ1n) is 8.74. The molecule has 3 aromatic rings. The number of hydrogen-bond donors (Lipinski definition) is 2. The predicted molar refractivity (Wildman–Crippen MR) is 110 cm³/mol. The summed E-state index contributed by atoms with van der Waals surface area (Å²) in [5.41, 5.74) is 4.14. The molecular weight excluding hydrogens is 338 g/mol. The summed E-state index contributed by atoms with van der Waals surface area (Å²) in [6, 6.07) is 19.4. The molecule has 2 aromatic carbocycles. The van der Waals surface area contributed by atoms with Crippen LogP contribution in [0, 0.1) is 6.92 Å². The van der Waals surface area contributed by atoms with E-state index in [1.54, 1.807) is 12.1 Å². The molecule has 6 nitrogen and oxygen atoms in total. The number of hydrogen-bond acceptors (Lipinski definition) is 5. The normalized spacial score (nSPS) is 10.3. The van der Waals surface area contributed by atoms with E-state index >= 15 is 0 Å². The van der Waals surface area contributed by atoms with Gasteiger partial charge in [0.05, 0.1) is 6.42 Å². The van der Waals surface area contributed by atoms with Gasteiger partial charge in [0.15, 0.2) is 11.6 Å². The van der Waals surface area contributed by atoms with Crippen LogP contribution in [0.5, 0.6) is 0 Å². The van der Waals surface area contributed by atoms with Crippen LogP contribution in [-0.4, -0.2) is 30.2 Å². The number of carbonyl (C=O) groups is 1. The van der Waals surface area contributed by atoms with Gasteiger partial charge in [-0.25, -0.2) is 0 Å². The van der Waals surface area contributed by atoms with Crippen LogP contribution in [-0.2, 0) is 11.2 Å². The first kappa shape index (κ1) is 18.4. The highest BCUT2D eigenvalue weighted by Crippen LogP contribution is 2.19. The van der Waals surface area contributed by atoms with Crippen molar-refractivity contribution in [1.82, 2.24) is 10.2 Å². The van der Waals surface area contributed by atoms with Crippen LogP contribution in [0.3, 0.4) is 0 Å². The van der Waals surface area contributed by atoms with Gasteiger partial charge in [0, 0.05) is 25.5 Å². The van der Waals surface area contributed by atoms with Crippen molar-refractivity contribution >= 4 is 28.9 Å². The van der Waals surface area contributed by atoms with Crippen molar-refractivity contribution < 1.29 is 4.79 Å². The van der Waals surface area contributed by atoms with Gasteiger partial charge in [0.1, 0.15) is 0 Å². The molecule has 0 aliphatic carbocycles. The fourth-order valence-corrected chi connectivity index (χ4v) is 2.62. The Kier molecular flexibility index (Phi) is 5.66. The van der Waals surface area contributed by atoms with Crippen LogP contribution in [0.2, 0.25) is 0 Å². The Hall–Kier alpha value is -3.41. The summed E-state index contributed by atoms with van der Waals surface area (Å²) >= 11 is 0. The minimum absolute atomic E-state index is 0.112. The molecule has 0 saturated carbocycles. The molecule has 3 rings (SSSR count). The number of nitrogens with one attached hydrogen (secondary N) is 2. The minimum atomic E-state index is -0.112. The number of anilines is 4. The molecule has 0 bridgehead atoms. The average Bonchev–Trinajstić information content (AvgIpc) is 2.66. The van der Waals surface area contributed by atoms with Gasteiger partial charge in [-0.1, -0.05) is 24.3 Å². The van der Waals surface area contributed by atoms with Gasteiger partial charge in [-0.15, -0.1) is 10.2 Å². The zero-order valence-electron chi connectivity index (χ0n) is 15.7. The maximum atomic E-state index is 12.2. The Morgan fingerprint density at radius 2 is 1.59 bits per heavy atom. The molecule has 138 valence electrons. The van der Waals surface area contributed by atoms with Crippen LogP contribution in [0.25, 0.3) is 0 Å². The van der Waals surface area contributed by atoms with Gasteiger partial charge in [0.2, 0.25) is 5.91 Å². The van der Waals surface area contributed by atoms with Crippen LogP contribution >= 0.6 is 0 Å². The van der Waals surface area contributed by atoms with Gasteiger partial charge >= 0.3 is 0 Å². The van der Waals surface area contributed by atoms with E-state index in [2.05, 4.69) is 20.8 Å². The average molecular weight is 361 g/mol. The van der Waals surface area contributed by atoms with E-state index in [-0.39, 0.29) is 5.91 Å². The molecule has 2 N–H and O–H groups in total. The molecule has 0 atom stereocenters. The summed E-state index contributed by atoms with van der Waals surface area (Å²) in [6.07, 6.45) is 0.312. The van der Waals surface area contributed by atoms with E-state index in [1.807, 2.05) is 74.4 Å². The summed E-state index contributed by atoms with van der Waals surface area (Å²) in [7, 11) is 4.00. The molecule has 1 aromatic heterocycles. The highest BCUT2D eigenvalue weighted by atomic mass is 16.1. The Morgan fingerprint density at radius 1 is 0.926 bits per heavy atom. The van der Waals surface area contributed by atoms with Crippen molar-refractivity contribution in [2.45, 2.75) is 13.3 Å². The Balaban J connectivity index is 1.58. The Morgan fingerprint density at radius 3 is 2.22 bits per heavy atom. The maximum absolute atomic E-state index is 12.2. The molecule has 1 heterocycles. The predicted octanol–water partition coefficient (Wildman–Crippen LogP) is 3.78. The standard InChI is InChI=1S/C21H23N5O/c1-15-6-4-5-7-16(15)14-21(27)23-20-13-12-19(24-25-20)22-17-8-10-18(11-9-17)26(2)3/h4-13H,14H2,1-3H3,(H,22,24)(H,23,25,27). The Labute approximate surface area is 159 Å². The van der Waals surface area contributed by atoms with E-state index in [4.69, 9.17) is 0 Å². The van der Waals surface area contributed by atoms with Crippen molar-refractivity contribution in [3.63, 3.8) is 0 Å². The number of aryl methyl sites for hydroxylation is 1. The second kappa shape index (κ2) is 8.31. The quantitative estimate of drug-likeness (QED) is 0.699. The lowest BCUT2D eigenvalue weighted by molar-refractivity contribution is -0.115. The third kappa shape index (κ3) is 5.04. The summed E-state index contributed by atoms with van der Waals surface area (Å²) in [6.45, 7) is 1.99. The van der Waals surface area contributed by atoms with Crippen LogP contribution in [0.4, 0.5) is 23.0 Å². The lowest BCUT2D eigenvalue weighted by atomic mass is 10.1. The Bertz CT molecular complexity index is 905. The first-order chi connectivity index (χ1) is 13.0. The van der Waals surface area contributed by atoms with E-state index in [1.165, 1.54) is 0 Å². The van der Waals surface area contributed by atoms with Crippen molar-refractivity contribution in [3.8, 4) is 0 Å². The highest BCUT2D eigenvalue weighted by Gasteiger charge is 2.07. The van der Waals surface area contributed by atoms with Gasteiger partial charge in [-0.3, -0.25) is 4.79 Å². The monoisotopic (exact) mass is 361 g/mol. The zero-order chi connectivity index (χ0) is 19.2. The van der Waals surface area contributed by atoms with Crippen molar-refractivity contribution in [3.05, 3.63) is 71.8 Å². The van der Waals surface area contributed by atoms with E-state index in [0.29, 0.717) is 18.1 Å². The summed E-state index contributed by atoms with van der Waals surface area (Å²) < 4.78 is 0. The van der Waals surface area contributed by atoms with Gasteiger partial charge in [0.25, 0.3) is 0 Å². The lowest BCUT2D eigenvalue weighted by Crippen LogP contribution is -2.16. The minimum Gasteiger partial charge on any atom is -0.378 e. The molecule has 1 amide bonds. The molecule has 0 unspecified atom stereocenters. The van der Waals surface area contributed by atoms with Crippen molar-refractivity contribution in [2.24, 2.45) is 0 Å². The number of aromatic nitrogens is 2. The molecule has 0 saturated heterocycles. The zero-order valence-corrected chi connectivity index (χ0v) is 15.7. The second-order valence-corrected chi connectivity index (χ2v) is 6.52. The third-order valence-electron chi connectivity index (χ3n) is 4.20. The molecule has 0 aliphatic heterocycles. The van der Waals surface area contributed by atoms with Crippen LogP contribution in [0.15, 0.2) is 60.7 Å². The van der Waals surface area contributed by atoms with Crippen molar-refractivity contribution in [2.75, 3.05) is 29.6 Å². The molecule has 0 aliphatic rings. The fraction of sp³-hybridized carbons (Fsp3) is 0.190. The van der Waals surface area contributed by atoms with E-state index < -0.39 is 0 Å². The maximum Gasteiger partial charge on any atom is 0.230 e. The second-order valence-electron chi connectivity index (χ2n) is 6.52. The summed E-state index contributed by atoms with van der Waals surface area (Å²) in [5.74, 6) is 0.935. The largest absolute Gasteiger partial charge is 0.378 e. The lowest BCUT2D eigenvalue weighted by Gasteiger charge is -2.13. The SMILES string of the molecule is Cc1ccccc1CC(=O)Nc1ccc(Nc2ccc(N(C)C)cc2)nn1. The number of nitrogens with zero attached hydrogens (tertiary/aromatic N) is 3. The smallest absolute Gasteiger partial charge is 0.230 e. The highest BCUT2D eigenvalue weighted by molar-refractivity contribution is 5.91. The topological polar surface area (TPSA) is 70.2 Å². The number of benzene rings is 2. The van der Waals surface area contributed by atoms with Crippen LogP contribution < -0.4 is 15.5 Å².